The Labute approximate surface area is 77.9 Å². The van der Waals surface area contributed by atoms with Crippen molar-refractivity contribution in [3.8, 4) is 0 Å². The van der Waals surface area contributed by atoms with Gasteiger partial charge in [-0.3, -0.25) is 4.99 Å². The second-order valence-electron chi connectivity index (χ2n) is 3.92. The van der Waals surface area contributed by atoms with Crippen LogP contribution >= 0.6 is 0 Å². The summed E-state index contributed by atoms with van der Waals surface area (Å²) < 4.78 is 5.03. The van der Waals surface area contributed by atoms with Crippen molar-refractivity contribution in [1.82, 2.24) is 4.98 Å². The average molecular weight is 181 g/mol. The summed E-state index contributed by atoms with van der Waals surface area (Å²) in [7, 11) is 0. The van der Waals surface area contributed by atoms with Crippen molar-refractivity contribution >= 4 is 5.84 Å². The SMILES string of the molecule is Cc1nc(C(N)=NC(C)(C)C)co1. The Bertz CT molecular complexity index is 320. The lowest BCUT2D eigenvalue weighted by molar-refractivity contribution is 0.521. The Hall–Kier alpha value is -1.32. The van der Waals surface area contributed by atoms with Gasteiger partial charge in [0, 0.05) is 6.92 Å². The molecule has 0 aliphatic rings. The molecule has 4 nitrogen and oxygen atoms in total. The van der Waals surface area contributed by atoms with Gasteiger partial charge in [-0.2, -0.15) is 0 Å². The molecule has 72 valence electrons. The second-order valence-corrected chi connectivity index (χ2v) is 3.92. The van der Waals surface area contributed by atoms with E-state index in [9.17, 15) is 0 Å². The van der Waals surface area contributed by atoms with Gasteiger partial charge in [-0.15, -0.1) is 0 Å². The number of hydrogen-bond donors (Lipinski definition) is 1. The molecule has 0 spiro atoms. The van der Waals surface area contributed by atoms with Crippen LogP contribution in [0.2, 0.25) is 0 Å². The molecular formula is C9H15N3O. The first-order valence-electron chi connectivity index (χ1n) is 4.16. The fraction of sp³-hybridized carbons (Fsp3) is 0.556. The summed E-state index contributed by atoms with van der Waals surface area (Å²) in [5, 5.41) is 0. The normalized spacial score (nSPS) is 13.4. The molecule has 0 bridgehead atoms. The summed E-state index contributed by atoms with van der Waals surface area (Å²) in [6.07, 6.45) is 1.51. The van der Waals surface area contributed by atoms with E-state index in [1.165, 1.54) is 6.26 Å². The summed E-state index contributed by atoms with van der Waals surface area (Å²) in [5.74, 6) is 1.02. The lowest BCUT2D eigenvalue weighted by Gasteiger charge is -2.12. The lowest BCUT2D eigenvalue weighted by Crippen LogP contribution is -2.21. The quantitative estimate of drug-likeness (QED) is 0.527. The highest BCUT2D eigenvalue weighted by molar-refractivity contribution is 5.95. The molecule has 0 fully saturated rings. The van der Waals surface area contributed by atoms with Gasteiger partial charge < -0.3 is 10.2 Å². The van der Waals surface area contributed by atoms with E-state index >= 15 is 0 Å². The fourth-order valence-electron chi connectivity index (χ4n) is 0.900. The predicted molar refractivity (Wildman–Crippen MR) is 51.7 cm³/mol. The lowest BCUT2D eigenvalue weighted by atomic mass is 10.1. The van der Waals surface area contributed by atoms with Crippen LogP contribution in [0.3, 0.4) is 0 Å². The molecule has 0 saturated carbocycles. The number of aromatic nitrogens is 1. The van der Waals surface area contributed by atoms with E-state index in [1.807, 2.05) is 20.8 Å². The average Bonchev–Trinajstić information content (AvgIpc) is 2.31. The highest BCUT2D eigenvalue weighted by atomic mass is 16.3. The van der Waals surface area contributed by atoms with Crippen LogP contribution < -0.4 is 5.73 Å². The Kier molecular flexibility index (Phi) is 2.40. The van der Waals surface area contributed by atoms with E-state index < -0.39 is 0 Å². The largest absolute Gasteiger partial charge is 0.449 e. The van der Waals surface area contributed by atoms with Gasteiger partial charge in [-0.05, 0) is 20.8 Å². The Balaban J connectivity index is 2.91. The van der Waals surface area contributed by atoms with Gasteiger partial charge in [0.1, 0.15) is 17.8 Å². The zero-order chi connectivity index (χ0) is 10.1. The molecule has 0 aliphatic carbocycles. The van der Waals surface area contributed by atoms with Crippen LogP contribution in [0.1, 0.15) is 32.4 Å². The minimum absolute atomic E-state index is 0.184. The van der Waals surface area contributed by atoms with Crippen molar-refractivity contribution in [2.24, 2.45) is 10.7 Å². The monoisotopic (exact) mass is 181 g/mol. The standard InChI is InChI=1S/C9H15N3O/c1-6-11-7(5-13-6)8(10)12-9(2,3)4/h5H,1-4H3,(H2,10,12). The van der Waals surface area contributed by atoms with Crippen LogP contribution in [-0.4, -0.2) is 16.4 Å². The van der Waals surface area contributed by atoms with E-state index in [0.717, 1.165) is 0 Å². The molecule has 0 saturated heterocycles. The van der Waals surface area contributed by atoms with Crippen LogP contribution in [0.5, 0.6) is 0 Å². The molecule has 0 atom stereocenters. The summed E-state index contributed by atoms with van der Waals surface area (Å²) in [5.41, 5.74) is 6.14. The van der Waals surface area contributed by atoms with Crippen molar-refractivity contribution in [2.45, 2.75) is 33.2 Å². The number of hydrogen-bond acceptors (Lipinski definition) is 3. The summed E-state index contributed by atoms with van der Waals surface area (Å²) in [6, 6.07) is 0. The van der Waals surface area contributed by atoms with Crippen molar-refractivity contribution in [3.05, 3.63) is 17.8 Å². The van der Waals surface area contributed by atoms with Crippen LogP contribution in [-0.2, 0) is 0 Å². The maximum atomic E-state index is 5.72. The molecular weight excluding hydrogens is 166 g/mol. The van der Waals surface area contributed by atoms with Gasteiger partial charge in [-0.25, -0.2) is 4.98 Å². The second kappa shape index (κ2) is 3.20. The van der Waals surface area contributed by atoms with Crippen molar-refractivity contribution < 1.29 is 4.42 Å². The highest BCUT2D eigenvalue weighted by Gasteiger charge is 2.11. The minimum atomic E-state index is -0.184. The third-order valence-corrected chi connectivity index (χ3v) is 1.34. The van der Waals surface area contributed by atoms with Gasteiger partial charge in [0.25, 0.3) is 0 Å². The Morgan fingerprint density at radius 1 is 1.54 bits per heavy atom. The zero-order valence-electron chi connectivity index (χ0n) is 8.46. The summed E-state index contributed by atoms with van der Waals surface area (Å²) in [4.78, 5) is 8.34. The first kappa shape index (κ1) is 9.77. The van der Waals surface area contributed by atoms with Gasteiger partial charge in [0.15, 0.2) is 5.89 Å². The number of nitrogens with two attached hydrogens (primary N) is 1. The topological polar surface area (TPSA) is 64.4 Å². The van der Waals surface area contributed by atoms with Crippen LogP contribution in [0.15, 0.2) is 15.7 Å². The maximum absolute atomic E-state index is 5.72. The molecule has 0 aromatic carbocycles. The van der Waals surface area contributed by atoms with Gasteiger partial charge in [-0.1, -0.05) is 0 Å². The molecule has 0 aliphatic heterocycles. The molecule has 1 aromatic rings. The molecule has 1 rings (SSSR count). The molecule has 0 amide bonds. The number of rotatable bonds is 1. The maximum Gasteiger partial charge on any atom is 0.191 e. The third kappa shape index (κ3) is 2.89. The van der Waals surface area contributed by atoms with Gasteiger partial charge in [0.2, 0.25) is 0 Å². The Morgan fingerprint density at radius 2 is 2.15 bits per heavy atom. The van der Waals surface area contributed by atoms with E-state index in [2.05, 4.69) is 9.98 Å². The van der Waals surface area contributed by atoms with E-state index in [1.54, 1.807) is 6.92 Å². The molecule has 2 N–H and O–H groups in total. The number of oxazole rings is 1. The zero-order valence-corrected chi connectivity index (χ0v) is 8.46. The van der Waals surface area contributed by atoms with Crippen LogP contribution in [0.4, 0.5) is 0 Å². The smallest absolute Gasteiger partial charge is 0.191 e. The predicted octanol–water partition coefficient (Wildman–Crippen LogP) is 1.49. The van der Waals surface area contributed by atoms with E-state index in [4.69, 9.17) is 10.2 Å². The van der Waals surface area contributed by atoms with Crippen molar-refractivity contribution in [2.75, 3.05) is 0 Å². The fourth-order valence-corrected chi connectivity index (χ4v) is 0.900. The molecule has 0 unspecified atom stereocenters. The molecule has 13 heavy (non-hydrogen) atoms. The van der Waals surface area contributed by atoms with Crippen molar-refractivity contribution in [1.29, 1.82) is 0 Å². The number of aliphatic imine (C=N–C) groups is 1. The van der Waals surface area contributed by atoms with Gasteiger partial charge >= 0.3 is 0 Å². The minimum Gasteiger partial charge on any atom is -0.449 e. The highest BCUT2D eigenvalue weighted by Crippen LogP contribution is 2.08. The van der Waals surface area contributed by atoms with E-state index in [0.29, 0.717) is 17.4 Å². The van der Waals surface area contributed by atoms with Crippen molar-refractivity contribution in [3.63, 3.8) is 0 Å². The van der Waals surface area contributed by atoms with Gasteiger partial charge in [0.05, 0.1) is 5.54 Å². The molecule has 4 heteroatoms. The number of amidine groups is 1. The summed E-state index contributed by atoms with van der Waals surface area (Å²) in [6.45, 7) is 7.71. The first-order valence-corrected chi connectivity index (χ1v) is 4.16. The number of nitrogens with zero attached hydrogens (tertiary/aromatic N) is 2. The molecule has 1 aromatic heterocycles. The third-order valence-electron chi connectivity index (χ3n) is 1.34. The van der Waals surface area contributed by atoms with Crippen LogP contribution in [0, 0.1) is 6.92 Å². The molecule has 1 heterocycles. The van der Waals surface area contributed by atoms with E-state index in [-0.39, 0.29) is 5.54 Å². The summed E-state index contributed by atoms with van der Waals surface area (Å²) >= 11 is 0. The van der Waals surface area contributed by atoms with Crippen LogP contribution in [0.25, 0.3) is 0 Å². The molecule has 0 radical (unpaired) electrons. The first-order chi connectivity index (χ1) is 5.88. The Morgan fingerprint density at radius 3 is 2.54 bits per heavy atom. The number of aryl methyl sites for hydroxylation is 1.